The van der Waals surface area contributed by atoms with Gasteiger partial charge in [-0.3, -0.25) is 14.5 Å². The quantitative estimate of drug-likeness (QED) is 0.634. The van der Waals surface area contributed by atoms with Gasteiger partial charge in [-0.1, -0.05) is 31.9 Å². The SMILES string of the molecule is Cc1ccc(C)c(N2C(=O)c3cc4occc4n3CC2(C)C(=O)NC2CCCCC2C)c1. The fraction of sp³-hybridized carbons (Fsp3) is 0.462. The van der Waals surface area contributed by atoms with E-state index in [9.17, 15) is 9.59 Å². The zero-order valence-corrected chi connectivity index (χ0v) is 19.3. The third-order valence-corrected chi connectivity index (χ3v) is 7.43. The lowest BCUT2D eigenvalue weighted by Gasteiger charge is -2.45. The molecule has 2 aromatic heterocycles. The van der Waals surface area contributed by atoms with E-state index >= 15 is 0 Å². The maximum Gasteiger partial charge on any atom is 0.276 e. The summed E-state index contributed by atoms with van der Waals surface area (Å²) in [7, 11) is 0. The molecule has 3 atom stereocenters. The summed E-state index contributed by atoms with van der Waals surface area (Å²) in [4.78, 5) is 29.5. The van der Waals surface area contributed by atoms with Gasteiger partial charge in [-0.25, -0.2) is 0 Å². The standard InChI is InChI=1S/C26H31N3O3/c1-16-9-10-18(3)21(13-16)29-24(30)22-14-23-20(11-12-32-23)28(22)15-26(29,4)25(31)27-19-8-6-5-7-17(19)2/h9-14,17,19H,5-8,15H2,1-4H3,(H,27,31). The number of hydrogen-bond donors (Lipinski definition) is 1. The zero-order valence-electron chi connectivity index (χ0n) is 19.3. The maximum absolute atomic E-state index is 13.9. The minimum atomic E-state index is -1.07. The Hall–Kier alpha value is -3.02. The number of nitrogens with zero attached hydrogens (tertiary/aromatic N) is 2. The molecule has 1 fully saturated rings. The molecule has 1 aromatic carbocycles. The molecular weight excluding hydrogens is 402 g/mol. The van der Waals surface area contributed by atoms with Gasteiger partial charge in [-0.2, -0.15) is 0 Å². The molecule has 1 N–H and O–H groups in total. The minimum absolute atomic E-state index is 0.0958. The molecule has 0 bridgehead atoms. The highest BCUT2D eigenvalue weighted by Crippen LogP contribution is 2.38. The number of amides is 2. The van der Waals surface area contributed by atoms with E-state index < -0.39 is 5.54 Å². The monoisotopic (exact) mass is 433 g/mol. The van der Waals surface area contributed by atoms with E-state index in [0.717, 1.165) is 41.6 Å². The summed E-state index contributed by atoms with van der Waals surface area (Å²) in [6.45, 7) is 8.47. The first kappa shape index (κ1) is 20.9. The summed E-state index contributed by atoms with van der Waals surface area (Å²) in [5.41, 5.74) is 3.81. The molecule has 1 aliphatic heterocycles. The summed E-state index contributed by atoms with van der Waals surface area (Å²) in [6.07, 6.45) is 6.08. The van der Waals surface area contributed by atoms with Gasteiger partial charge in [0.2, 0.25) is 5.91 Å². The lowest BCUT2D eigenvalue weighted by Crippen LogP contribution is -2.66. The predicted octanol–water partition coefficient (Wildman–Crippen LogP) is 4.97. The van der Waals surface area contributed by atoms with E-state index in [0.29, 0.717) is 23.7 Å². The molecule has 3 heterocycles. The van der Waals surface area contributed by atoms with Gasteiger partial charge in [0, 0.05) is 23.9 Å². The molecule has 6 nitrogen and oxygen atoms in total. The lowest BCUT2D eigenvalue weighted by atomic mass is 9.84. The van der Waals surface area contributed by atoms with Gasteiger partial charge >= 0.3 is 0 Å². The van der Waals surface area contributed by atoms with Crippen LogP contribution in [0.25, 0.3) is 11.1 Å². The highest BCUT2D eigenvalue weighted by molar-refractivity contribution is 6.14. The van der Waals surface area contributed by atoms with Crippen LogP contribution in [0.4, 0.5) is 5.69 Å². The van der Waals surface area contributed by atoms with E-state index in [1.165, 1.54) is 6.42 Å². The fourth-order valence-corrected chi connectivity index (χ4v) is 5.41. The number of carbonyl (C=O) groups excluding carboxylic acids is 2. The zero-order chi connectivity index (χ0) is 22.6. The molecule has 6 heteroatoms. The molecule has 1 aliphatic carbocycles. The van der Waals surface area contributed by atoms with Crippen LogP contribution in [-0.2, 0) is 11.3 Å². The number of benzene rings is 1. The van der Waals surface area contributed by atoms with Crippen molar-refractivity contribution in [3.05, 3.63) is 53.4 Å². The molecule has 3 unspecified atom stereocenters. The number of aromatic nitrogens is 1. The van der Waals surface area contributed by atoms with E-state index in [4.69, 9.17) is 4.42 Å². The summed E-state index contributed by atoms with van der Waals surface area (Å²) in [5, 5.41) is 3.33. The van der Waals surface area contributed by atoms with Crippen LogP contribution >= 0.6 is 0 Å². The molecule has 1 saturated carbocycles. The van der Waals surface area contributed by atoms with Crippen LogP contribution in [0.5, 0.6) is 0 Å². The van der Waals surface area contributed by atoms with Crippen molar-refractivity contribution >= 4 is 28.6 Å². The third-order valence-electron chi connectivity index (χ3n) is 7.43. The maximum atomic E-state index is 13.9. The average Bonchev–Trinajstić information content (AvgIpc) is 3.35. The lowest BCUT2D eigenvalue weighted by molar-refractivity contribution is -0.127. The topological polar surface area (TPSA) is 67.5 Å². The Bertz CT molecular complexity index is 1210. The van der Waals surface area contributed by atoms with Crippen LogP contribution in [0.15, 0.2) is 41.0 Å². The molecule has 0 spiro atoms. The van der Waals surface area contributed by atoms with Gasteiger partial charge in [-0.05, 0) is 56.7 Å². The van der Waals surface area contributed by atoms with Crippen molar-refractivity contribution in [3.8, 4) is 0 Å². The molecular formula is C26H31N3O3. The van der Waals surface area contributed by atoms with Crippen molar-refractivity contribution in [1.29, 1.82) is 0 Å². The molecule has 2 aliphatic rings. The van der Waals surface area contributed by atoms with Gasteiger partial charge in [0.1, 0.15) is 11.2 Å². The Morgan fingerprint density at radius 3 is 2.72 bits per heavy atom. The van der Waals surface area contributed by atoms with Crippen molar-refractivity contribution < 1.29 is 14.0 Å². The number of hydrogen-bond acceptors (Lipinski definition) is 3. The van der Waals surface area contributed by atoms with Gasteiger partial charge in [0.15, 0.2) is 5.58 Å². The molecule has 5 rings (SSSR count). The predicted molar refractivity (Wildman–Crippen MR) is 125 cm³/mol. The van der Waals surface area contributed by atoms with Crippen LogP contribution in [0.2, 0.25) is 0 Å². The highest BCUT2D eigenvalue weighted by Gasteiger charge is 2.49. The van der Waals surface area contributed by atoms with Gasteiger partial charge in [-0.15, -0.1) is 0 Å². The first-order valence-electron chi connectivity index (χ1n) is 11.6. The van der Waals surface area contributed by atoms with Gasteiger partial charge < -0.3 is 14.3 Å². The van der Waals surface area contributed by atoms with Crippen molar-refractivity contribution in [2.24, 2.45) is 5.92 Å². The molecule has 168 valence electrons. The van der Waals surface area contributed by atoms with Crippen LogP contribution < -0.4 is 10.2 Å². The normalized spacial score (nSPS) is 25.8. The molecule has 32 heavy (non-hydrogen) atoms. The average molecular weight is 434 g/mol. The Balaban J connectivity index is 1.62. The summed E-state index contributed by atoms with van der Waals surface area (Å²) < 4.78 is 7.51. The second-order valence-electron chi connectivity index (χ2n) is 9.83. The summed E-state index contributed by atoms with van der Waals surface area (Å²) >= 11 is 0. The third kappa shape index (κ3) is 3.15. The van der Waals surface area contributed by atoms with E-state index in [-0.39, 0.29) is 17.9 Å². The van der Waals surface area contributed by atoms with E-state index in [1.807, 2.05) is 49.6 Å². The Kier molecular flexibility index (Phi) is 4.91. The Morgan fingerprint density at radius 2 is 1.94 bits per heavy atom. The van der Waals surface area contributed by atoms with Crippen LogP contribution in [0.1, 0.15) is 61.1 Å². The van der Waals surface area contributed by atoms with Crippen LogP contribution in [-0.4, -0.2) is 28.0 Å². The molecule has 2 amide bonds. The smallest absolute Gasteiger partial charge is 0.276 e. The number of fused-ring (bicyclic) bond motifs is 3. The fourth-order valence-electron chi connectivity index (χ4n) is 5.41. The van der Waals surface area contributed by atoms with Gasteiger partial charge in [0.25, 0.3) is 5.91 Å². The van der Waals surface area contributed by atoms with Crippen molar-refractivity contribution in [1.82, 2.24) is 9.88 Å². The number of anilines is 1. The minimum Gasteiger partial charge on any atom is -0.463 e. The van der Waals surface area contributed by atoms with Crippen molar-refractivity contribution in [2.75, 3.05) is 4.90 Å². The number of aryl methyl sites for hydroxylation is 2. The van der Waals surface area contributed by atoms with Gasteiger partial charge in [0.05, 0.1) is 18.3 Å². The number of carbonyl (C=O) groups is 2. The second kappa shape index (κ2) is 7.54. The number of nitrogens with one attached hydrogen (secondary N) is 1. The Labute approximate surface area is 188 Å². The van der Waals surface area contributed by atoms with Crippen LogP contribution in [0, 0.1) is 19.8 Å². The Morgan fingerprint density at radius 1 is 1.16 bits per heavy atom. The van der Waals surface area contributed by atoms with Crippen LogP contribution in [0.3, 0.4) is 0 Å². The van der Waals surface area contributed by atoms with Crippen molar-refractivity contribution in [3.63, 3.8) is 0 Å². The molecule has 0 radical (unpaired) electrons. The molecule has 3 aromatic rings. The molecule has 0 saturated heterocycles. The highest BCUT2D eigenvalue weighted by atomic mass is 16.3. The number of furan rings is 1. The van der Waals surface area contributed by atoms with E-state index in [1.54, 1.807) is 17.2 Å². The summed E-state index contributed by atoms with van der Waals surface area (Å²) in [6, 6.07) is 9.84. The van der Waals surface area contributed by atoms with Crippen molar-refractivity contribution in [2.45, 2.75) is 71.5 Å². The summed E-state index contributed by atoms with van der Waals surface area (Å²) in [5.74, 6) is 0.166. The first-order valence-corrected chi connectivity index (χ1v) is 11.6. The second-order valence-corrected chi connectivity index (χ2v) is 9.83. The number of rotatable bonds is 3. The van der Waals surface area contributed by atoms with E-state index in [2.05, 4.69) is 12.2 Å². The largest absolute Gasteiger partial charge is 0.463 e. The first-order chi connectivity index (χ1) is 15.3.